The van der Waals surface area contributed by atoms with Crippen LogP contribution in [0.2, 0.25) is 0 Å². The molecule has 0 bridgehead atoms. The number of aliphatic carboxylic acids is 1. The van der Waals surface area contributed by atoms with E-state index in [0.717, 1.165) is 28.5 Å². The van der Waals surface area contributed by atoms with Crippen molar-refractivity contribution in [1.29, 1.82) is 0 Å². The molecule has 0 spiro atoms. The van der Waals surface area contributed by atoms with Gasteiger partial charge < -0.3 is 5.11 Å². The zero-order valence-electron chi connectivity index (χ0n) is 12.5. The normalized spacial score (nSPS) is 12.1. The van der Waals surface area contributed by atoms with Crippen LogP contribution in [-0.4, -0.2) is 26.0 Å². The van der Waals surface area contributed by atoms with Crippen LogP contribution >= 0.6 is 0 Å². The van der Waals surface area contributed by atoms with E-state index < -0.39 is 11.9 Å². The van der Waals surface area contributed by atoms with Crippen molar-refractivity contribution in [3.63, 3.8) is 0 Å². The molecule has 2 aromatic heterocycles. The molecule has 5 nitrogen and oxygen atoms in total. The molecule has 21 heavy (non-hydrogen) atoms. The smallest absolute Gasteiger partial charge is 0.306 e. The highest BCUT2D eigenvalue weighted by Crippen LogP contribution is 2.16. The Kier molecular flexibility index (Phi) is 4.62. The number of aromatic nitrogens is 3. The fraction of sp³-hybridized carbons (Fsp3) is 0.375. The molecule has 0 aliphatic rings. The average Bonchev–Trinajstić information content (AvgIpc) is 2.43. The van der Waals surface area contributed by atoms with E-state index in [0.29, 0.717) is 12.8 Å². The predicted molar refractivity (Wildman–Crippen MR) is 79.1 cm³/mol. The number of rotatable bonds is 5. The van der Waals surface area contributed by atoms with Crippen molar-refractivity contribution in [1.82, 2.24) is 15.0 Å². The van der Waals surface area contributed by atoms with Crippen molar-refractivity contribution >= 4 is 5.97 Å². The number of nitrogens with zero attached hydrogens (tertiary/aromatic N) is 3. The Balaban J connectivity index is 2.23. The molecular formula is C16H19N3O2. The van der Waals surface area contributed by atoms with Crippen LogP contribution in [0.1, 0.15) is 35.4 Å². The lowest BCUT2D eigenvalue weighted by molar-refractivity contribution is -0.141. The van der Waals surface area contributed by atoms with Crippen molar-refractivity contribution in [3.8, 4) is 0 Å². The van der Waals surface area contributed by atoms with Crippen LogP contribution in [0.3, 0.4) is 0 Å². The molecule has 0 amide bonds. The van der Waals surface area contributed by atoms with Gasteiger partial charge in [-0.3, -0.25) is 9.78 Å². The summed E-state index contributed by atoms with van der Waals surface area (Å²) in [6, 6.07) is 5.75. The highest BCUT2D eigenvalue weighted by atomic mass is 16.4. The van der Waals surface area contributed by atoms with E-state index in [1.54, 1.807) is 13.1 Å². The number of pyridine rings is 1. The summed E-state index contributed by atoms with van der Waals surface area (Å²) >= 11 is 0. The quantitative estimate of drug-likeness (QED) is 0.912. The first-order valence-electron chi connectivity index (χ1n) is 6.93. The molecule has 5 heteroatoms. The van der Waals surface area contributed by atoms with Crippen LogP contribution in [0.25, 0.3) is 0 Å². The zero-order chi connectivity index (χ0) is 15.4. The number of carbonyl (C=O) groups is 1. The Morgan fingerprint density at radius 3 is 2.43 bits per heavy atom. The fourth-order valence-electron chi connectivity index (χ4n) is 2.24. The summed E-state index contributed by atoms with van der Waals surface area (Å²) in [4.78, 5) is 24.3. The number of carboxylic acid groups (broad SMARTS) is 1. The monoisotopic (exact) mass is 285 g/mol. The van der Waals surface area contributed by atoms with E-state index in [1.807, 2.05) is 32.0 Å². The van der Waals surface area contributed by atoms with E-state index in [1.165, 1.54) is 0 Å². The highest BCUT2D eigenvalue weighted by Gasteiger charge is 2.17. The van der Waals surface area contributed by atoms with Gasteiger partial charge in [-0.1, -0.05) is 13.0 Å². The van der Waals surface area contributed by atoms with Crippen molar-refractivity contribution < 1.29 is 9.90 Å². The minimum atomic E-state index is -0.800. The van der Waals surface area contributed by atoms with E-state index in [2.05, 4.69) is 15.0 Å². The summed E-state index contributed by atoms with van der Waals surface area (Å²) in [5.41, 5.74) is 3.54. The lowest BCUT2D eigenvalue weighted by Gasteiger charge is -2.13. The Morgan fingerprint density at radius 2 is 1.90 bits per heavy atom. The highest BCUT2D eigenvalue weighted by molar-refractivity contribution is 5.70. The van der Waals surface area contributed by atoms with Gasteiger partial charge in [0, 0.05) is 23.3 Å². The van der Waals surface area contributed by atoms with E-state index >= 15 is 0 Å². The molecule has 1 N–H and O–H groups in total. The van der Waals surface area contributed by atoms with E-state index in [-0.39, 0.29) is 0 Å². The molecule has 0 aliphatic carbocycles. The first-order valence-corrected chi connectivity index (χ1v) is 6.93. The van der Waals surface area contributed by atoms with Crippen molar-refractivity contribution in [2.75, 3.05) is 0 Å². The molecule has 0 radical (unpaired) electrons. The third kappa shape index (κ3) is 3.84. The van der Waals surface area contributed by atoms with Gasteiger partial charge in [-0.2, -0.15) is 0 Å². The lowest BCUT2D eigenvalue weighted by Crippen LogP contribution is -2.15. The number of hydrogen-bond acceptors (Lipinski definition) is 4. The molecule has 2 aromatic rings. The van der Waals surface area contributed by atoms with Gasteiger partial charge in [0.2, 0.25) is 0 Å². The van der Waals surface area contributed by atoms with Gasteiger partial charge in [0.05, 0.1) is 12.3 Å². The second-order valence-electron chi connectivity index (χ2n) is 5.23. The van der Waals surface area contributed by atoms with Crippen molar-refractivity contribution in [2.45, 2.75) is 33.6 Å². The van der Waals surface area contributed by atoms with Crippen molar-refractivity contribution in [3.05, 3.63) is 52.9 Å². The van der Waals surface area contributed by atoms with Gasteiger partial charge >= 0.3 is 5.97 Å². The zero-order valence-corrected chi connectivity index (χ0v) is 12.5. The minimum absolute atomic E-state index is 0.437. The second-order valence-corrected chi connectivity index (χ2v) is 5.23. The third-order valence-corrected chi connectivity index (χ3v) is 3.46. The topological polar surface area (TPSA) is 76.0 Å². The Hall–Kier alpha value is -2.30. The van der Waals surface area contributed by atoms with Gasteiger partial charge in [-0.25, -0.2) is 9.97 Å². The molecule has 0 aromatic carbocycles. The van der Waals surface area contributed by atoms with Gasteiger partial charge in [-0.15, -0.1) is 0 Å². The molecule has 1 unspecified atom stereocenters. The first-order chi connectivity index (χ1) is 9.97. The predicted octanol–water partition coefficient (Wildman–Crippen LogP) is 2.34. The van der Waals surface area contributed by atoms with Crippen LogP contribution in [0.5, 0.6) is 0 Å². The maximum Gasteiger partial charge on any atom is 0.306 e. The fourth-order valence-corrected chi connectivity index (χ4v) is 2.24. The van der Waals surface area contributed by atoms with Crippen LogP contribution in [0.4, 0.5) is 0 Å². The molecule has 0 aliphatic heterocycles. The summed E-state index contributed by atoms with van der Waals surface area (Å²) in [6.45, 7) is 5.50. The Labute approximate surface area is 124 Å². The summed E-state index contributed by atoms with van der Waals surface area (Å²) in [5.74, 6) is -0.519. The van der Waals surface area contributed by atoms with Gasteiger partial charge in [0.1, 0.15) is 5.82 Å². The Bertz CT molecular complexity index is 618. The molecule has 2 rings (SSSR count). The standard InChI is InChI=1S/C16H19N3O2/c1-10(16(20)21)8-14-11(2)18-15(19-12(14)3)9-13-6-4-5-7-17-13/h4-7,10H,8-9H2,1-3H3,(H,20,21). The summed E-state index contributed by atoms with van der Waals surface area (Å²) in [7, 11) is 0. The van der Waals surface area contributed by atoms with Gasteiger partial charge in [0.15, 0.2) is 0 Å². The molecule has 2 heterocycles. The van der Waals surface area contributed by atoms with Crippen molar-refractivity contribution in [2.24, 2.45) is 5.92 Å². The third-order valence-electron chi connectivity index (χ3n) is 3.46. The Morgan fingerprint density at radius 1 is 1.24 bits per heavy atom. The maximum atomic E-state index is 11.0. The average molecular weight is 285 g/mol. The van der Waals surface area contributed by atoms with Crippen LogP contribution in [0, 0.1) is 19.8 Å². The molecule has 110 valence electrons. The number of carboxylic acids is 1. The first kappa shape index (κ1) is 15.1. The summed E-state index contributed by atoms with van der Waals surface area (Å²) in [5, 5.41) is 9.03. The second kappa shape index (κ2) is 6.43. The molecule has 0 saturated carbocycles. The summed E-state index contributed by atoms with van der Waals surface area (Å²) in [6.07, 6.45) is 2.78. The molecule has 1 atom stereocenters. The summed E-state index contributed by atoms with van der Waals surface area (Å²) < 4.78 is 0. The molecular weight excluding hydrogens is 266 g/mol. The van der Waals surface area contributed by atoms with E-state index in [4.69, 9.17) is 5.11 Å². The lowest BCUT2D eigenvalue weighted by atomic mass is 9.99. The molecule has 0 saturated heterocycles. The largest absolute Gasteiger partial charge is 0.481 e. The maximum absolute atomic E-state index is 11.0. The van der Waals surface area contributed by atoms with Gasteiger partial charge in [0.25, 0.3) is 0 Å². The van der Waals surface area contributed by atoms with Crippen LogP contribution < -0.4 is 0 Å². The SMILES string of the molecule is Cc1nc(Cc2ccccn2)nc(C)c1CC(C)C(=O)O. The molecule has 0 fully saturated rings. The number of hydrogen-bond donors (Lipinski definition) is 1. The van der Waals surface area contributed by atoms with E-state index in [9.17, 15) is 4.79 Å². The van der Waals surface area contributed by atoms with Gasteiger partial charge in [-0.05, 0) is 38.0 Å². The minimum Gasteiger partial charge on any atom is -0.481 e. The van der Waals surface area contributed by atoms with Crippen LogP contribution in [0.15, 0.2) is 24.4 Å². The number of aryl methyl sites for hydroxylation is 2. The van der Waals surface area contributed by atoms with Crippen LogP contribution in [-0.2, 0) is 17.6 Å².